The highest BCUT2D eigenvalue weighted by molar-refractivity contribution is 8.26. The van der Waals surface area contributed by atoms with Crippen molar-refractivity contribution in [3.63, 3.8) is 0 Å². The predicted molar refractivity (Wildman–Crippen MR) is 99.5 cm³/mol. The minimum absolute atomic E-state index is 0.0716. The van der Waals surface area contributed by atoms with Gasteiger partial charge in [-0.05, 0) is 12.1 Å². The van der Waals surface area contributed by atoms with Crippen LogP contribution in [0.5, 0.6) is 0 Å². The van der Waals surface area contributed by atoms with Gasteiger partial charge in [-0.2, -0.15) is 0 Å². The molecule has 0 radical (unpaired) electrons. The van der Waals surface area contributed by atoms with Crippen LogP contribution < -0.4 is 4.90 Å². The zero-order valence-corrected chi connectivity index (χ0v) is 15.7. The number of quaternary nitrogens is 1. The summed E-state index contributed by atoms with van der Waals surface area (Å²) < 4.78 is 19.2. The van der Waals surface area contributed by atoms with Gasteiger partial charge in [0.1, 0.15) is 23.3 Å². The number of hydrogen-bond donors (Lipinski definition) is 1. The fraction of sp³-hybridized carbons (Fsp3) is 0.353. The molecule has 1 aromatic rings. The van der Waals surface area contributed by atoms with Crippen LogP contribution in [0.25, 0.3) is 6.08 Å². The number of halogens is 1. The molecule has 1 amide bonds. The van der Waals surface area contributed by atoms with Crippen LogP contribution in [0.1, 0.15) is 12.0 Å². The second-order valence-corrected chi connectivity index (χ2v) is 7.46. The molecule has 1 aliphatic rings. The van der Waals surface area contributed by atoms with Gasteiger partial charge in [-0.3, -0.25) is 14.5 Å². The lowest BCUT2D eigenvalue weighted by atomic mass is 10.2. The van der Waals surface area contributed by atoms with E-state index in [1.54, 1.807) is 18.2 Å². The van der Waals surface area contributed by atoms with Crippen molar-refractivity contribution < 1.29 is 23.6 Å². The number of rotatable bonds is 7. The van der Waals surface area contributed by atoms with Gasteiger partial charge in [-0.15, -0.1) is 0 Å². The van der Waals surface area contributed by atoms with Crippen molar-refractivity contribution in [2.24, 2.45) is 0 Å². The molecule has 1 saturated heterocycles. The molecule has 1 aliphatic heterocycles. The number of benzene rings is 1. The summed E-state index contributed by atoms with van der Waals surface area (Å²) >= 11 is 6.30. The molecule has 0 saturated carbocycles. The zero-order valence-electron chi connectivity index (χ0n) is 14.1. The minimum atomic E-state index is -0.403. The first-order chi connectivity index (χ1) is 11.9. The SMILES string of the molecule is C[NH+](C)CCOC(=O)CCN1C(=O)/C(=C/c2ccccc2F)SC1=S. The quantitative estimate of drug-likeness (QED) is 0.434. The zero-order chi connectivity index (χ0) is 18.4. The number of hydrogen-bond acceptors (Lipinski definition) is 5. The van der Waals surface area contributed by atoms with Crippen LogP contribution in [0, 0.1) is 5.82 Å². The molecule has 1 heterocycles. The van der Waals surface area contributed by atoms with E-state index in [1.807, 2.05) is 14.1 Å². The van der Waals surface area contributed by atoms with E-state index in [2.05, 4.69) is 0 Å². The van der Waals surface area contributed by atoms with Gasteiger partial charge < -0.3 is 9.64 Å². The van der Waals surface area contributed by atoms with Crippen molar-refractivity contribution >= 4 is 46.3 Å². The predicted octanol–water partition coefficient (Wildman–Crippen LogP) is 1.10. The van der Waals surface area contributed by atoms with Crippen molar-refractivity contribution in [2.75, 3.05) is 33.8 Å². The lowest BCUT2D eigenvalue weighted by Crippen LogP contribution is -3.06. The van der Waals surface area contributed by atoms with Crippen LogP contribution in [0.2, 0.25) is 0 Å². The summed E-state index contributed by atoms with van der Waals surface area (Å²) in [6, 6.07) is 6.20. The summed E-state index contributed by atoms with van der Waals surface area (Å²) in [6.07, 6.45) is 1.55. The van der Waals surface area contributed by atoms with Crippen LogP contribution in [0.4, 0.5) is 4.39 Å². The monoisotopic (exact) mass is 383 g/mol. The van der Waals surface area contributed by atoms with Gasteiger partial charge in [0.15, 0.2) is 0 Å². The summed E-state index contributed by atoms with van der Waals surface area (Å²) in [6.45, 7) is 1.22. The van der Waals surface area contributed by atoms with Gasteiger partial charge in [-0.1, -0.05) is 42.2 Å². The van der Waals surface area contributed by atoms with E-state index in [-0.39, 0.29) is 24.8 Å². The minimum Gasteiger partial charge on any atom is -0.460 e. The fourth-order valence-corrected chi connectivity index (χ4v) is 3.37. The van der Waals surface area contributed by atoms with Crippen LogP contribution in [-0.4, -0.2) is 54.9 Å². The molecule has 0 aliphatic carbocycles. The Morgan fingerprint density at radius 3 is 2.80 bits per heavy atom. The van der Waals surface area contributed by atoms with Crippen molar-refractivity contribution in [1.29, 1.82) is 0 Å². The highest BCUT2D eigenvalue weighted by Gasteiger charge is 2.32. The number of carbonyl (C=O) groups is 2. The van der Waals surface area contributed by atoms with Gasteiger partial charge in [0.2, 0.25) is 0 Å². The molecule has 0 aromatic heterocycles. The Morgan fingerprint density at radius 1 is 1.40 bits per heavy atom. The highest BCUT2D eigenvalue weighted by atomic mass is 32.2. The first-order valence-corrected chi connectivity index (χ1v) is 9.05. The second kappa shape index (κ2) is 9.07. The van der Waals surface area contributed by atoms with Crippen molar-refractivity contribution in [1.82, 2.24) is 4.90 Å². The van der Waals surface area contributed by atoms with Gasteiger partial charge in [0.25, 0.3) is 5.91 Å². The molecule has 0 atom stereocenters. The van der Waals surface area contributed by atoms with E-state index < -0.39 is 5.82 Å². The Hall–Kier alpha value is -1.77. The third-order valence-electron chi connectivity index (χ3n) is 3.47. The molecule has 0 spiro atoms. The van der Waals surface area contributed by atoms with E-state index in [9.17, 15) is 14.0 Å². The molecular weight excluding hydrogens is 363 g/mol. The Bertz CT molecular complexity index is 707. The van der Waals surface area contributed by atoms with Crippen molar-refractivity contribution in [2.45, 2.75) is 6.42 Å². The molecule has 1 N–H and O–H groups in total. The average molecular weight is 383 g/mol. The Morgan fingerprint density at radius 2 is 2.12 bits per heavy atom. The van der Waals surface area contributed by atoms with E-state index in [0.29, 0.717) is 21.4 Å². The third kappa shape index (κ3) is 5.62. The molecule has 134 valence electrons. The number of likely N-dealkylation sites (N-methyl/N-ethyl adjacent to an activating group) is 1. The largest absolute Gasteiger partial charge is 0.460 e. The third-order valence-corrected chi connectivity index (χ3v) is 4.85. The topological polar surface area (TPSA) is 51.1 Å². The van der Waals surface area contributed by atoms with Crippen molar-refractivity contribution in [3.05, 3.63) is 40.6 Å². The summed E-state index contributed by atoms with van der Waals surface area (Å²) in [7, 11) is 3.94. The maximum Gasteiger partial charge on any atom is 0.307 e. The first-order valence-electron chi connectivity index (χ1n) is 7.83. The molecule has 5 nitrogen and oxygen atoms in total. The highest BCUT2D eigenvalue weighted by Crippen LogP contribution is 2.32. The first kappa shape index (κ1) is 19.6. The maximum absolute atomic E-state index is 13.7. The number of nitrogens with zero attached hydrogens (tertiary/aromatic N) is 1. The number of nitrogens with one attached hydrogen (secondary N) is 1. The van der Waals surface area contributed by atoms with Gasteiger partial charge in [0, 0.05) is 12.1 Å². The summed E-state index contributed by atoms with van der Waals surface area (Å²) in [5, 5.41) is 0. The Kier molecular flexibility index (Phi) is 7.10. The number of thioether (sulfide) groups is 1. The smallest absolute Gasteiger partial charge is 0.307 e. The van der Waals surface area contributed by atoms with Gasteiger partial charge in [0.05, 0.1) is 25.4 Å². The van der Waals surface area contributed by atoms with Crippen LogP contribution >= 0.6 is 24.0 Å². The van der Waals surface area contributed by atoms with Gasteiger partial charge >= 0.3 is 5.97 Å². The van der Waals surface area contributed by atoms with Crippen molar-refractivity contribution in [3.8, 4) is 0 Å². The number of thiocarbonyl (C=S) groups is 1. The van der Waals surface area contributed by atoms with E-state index in [4.69, 9.17) is 17.0 Å². The standard InChI is InChI=1S/C17H19FN2O3S2/c1-19(2)9-10-23-15(21)7-8-20-16(22)14(25-17(20)24)11-12-5-3-4-6-13(12)18/h3-6,11H,7-10H2,1-2H3/p+1/b14-11-. The van der Waals surface area contributed by atoms with Crippen LogP contribution in [0.3, 0.4) is 0 Å². The van der Waals surface area contributed by atoms with E-state index in [1.165, 1.54) is 21.9 Å². The number of esters is 1. The summed E-state index contributed by atoms with van der Waals surface area (Å²) in [4.78, 5) is 27.0. The van der Waals surface area contributed by atoms with Crippen LogP contribution in [0.15, 0.2) is 29.2 Å². The lowest BCUT2D eigenvalue weighted by Gasteiger charge is -2.14. The molecule has 0 unspecified atom stereocenters. The number of carbonyl (C=O) groups excluding carboxylic acids is 2. The normalized spacial score (nSPS) is 16.2. The molecular formula is C17H20FN2O3S2+. The lowest BCUT2D eigenvalue weighted by molar-refractivity contribution is -0.858. The number of amides is 1. The van der Waals surface area contributed by atoms with E-state index >= 15 is 0 Å². The summed E-state index contributed by atoms with van der Waals surface area (Å²) in [5.41, 5.74) is 0.327. The molecule has 25 heavy (non-hydrogen) atoms. The molecule has 1 fully saturated rings. The van der Waals surface area contributed by atoms with Gasteiger partial charge in [-0.25, -0.2) is 4.39 Å². The second-order valence-electron chi connectivity index (χ2n) is 5.78. The molecule has 0 bridgehead atoms. The summed E-state index contributed by atoms with van der Waals surface area (Å²) in [5.74, 6) is -1.09. The number of ether oxygens (including phenoxy) is 1. The average Bonchev–Trinajstić information content (AvgIpc) is 2.81. The fourth-order valence-electron chi connectivity index (χ4n) is 2.07. The molecule has 1 aromatic carbocycles. The van der Waals surface area contributed by atoms with Crippen LogP contribution in [-0.2, 0) is 14.3 Å². The van der Waals surface area contributed by atoms with E-state index in [0.717, 1.165) is 18.3 Å². The maximum atomic E-state index is 13.7. The Labute approximate surface area is 155 Å². The Balaban J connectivity index is 1.93. The molecule has 8 heteroatoms. The molecule has 2 rings (SSSR count).